The number of esters is 2. The number of amides is 1. The standard InChI is InChI=1S/C25H19N3O5S/c1-32-25(31)21-16-11-10-14-6-2-3-7-15(14)22(16)34-23(21)28-20(29)13-33-24(30)19-12-26-17-8-4-5-9-18(17)27-19/h2-9,12H,10-11,13H2,1H3,(H,28,29). The van der Waals surface area contributed by atoms with Crippen molar-refractivity contribution in [3.63, 3.8) is 0 Å². The van der Waals surface area contributed by atoms with Crippen molar-refractivity contribution in [2.45, 2.75) is 12.8 Å². The third-order valence-corrected chi connectivity index (χ3v) is 6.73. The first-order valence-corrected chi connectivity index (χ1v) is 11.4. The Morgan fingerprint density at radius 3 is 2.59 bits per heavy atom. The molecule has 2 heterocycles. The van der Waals surface area contributed by atoms with Crippen LogP contribution in [0.2, 0.25) is 0 Å². The molecule has 5 rings (SSSR count). The molecule has 0 radical (unpaired) electrons. The van der Waals surface area contributed by atoms with E-state index in [-0.39, 0.29) is 5.69 Å². The molecule has 0 saturated heterocycles. The second kappa shape index (κ2) is 9.03. The van der Waals surface area contributed by atoms with E-state index in [2.05, 4.69) is 21.4 Å². The number of fused-ring (bicyclic) bond motifs is 4. The topological polar surface area (TPSA) is 107 Å². The summed E-state index contributed by atoms with van der Waals surface area (Å²) in [7, 11) is 1.31. The number of methoxy groups -OCH3 is 1. The summed E-state index contributed by atoms with van der Waals surface area (Å²) in [6.07, 6.45) is 2.77. The zero-order valence-electron chi connectivity index (χ0n) is 18.2. The molecule has 1 N–H and O–H groups in total. The normalized spacial score (nSPS) is 11.9. The molecule has 0 unspecified atom stereocenters. The predicted octanol–water partition coefficient (Wildman–Crippen LogP) is 4.04. The van der Waals surface area contributed by atoms with Gasteiger partial charge in [0.2, 0.25) is 0 Å². The lowest BCUT2D eigenvalue weighted by atomic mass is 9.89. The maximum Gasteiger partial charge on any atom is 0.359 e. The fourth-order valence-corrected chi connectivity index (χ4v) is 5.28. The Morgan fingerprint density at radius 1 is 1.00 bits per heavy atom. The first kappa shape index (κ1) is 21.7. The number of carbonyl (C=O) groups excluding carboxylic acids is 3. The van der Waals surface area contributed by atoms with Crippen LogP contribution in [0.25, 0.3) is 21.5 Å². The second-order valence-electron chi connectivity index (χ2n) is 7.63. The number of rotatable bonds is 5. The zero-order valence-corrected chi connectivity index (χ0v) is 19.0. The van der Waals surface area contributed by atoms with Crippen molar-refractivity contribution in [2.24, 2.45) is 0 Å². The molecular formula is C25H19N3O5S. The number of anilines is 1. The van der Waals surface area contributed by atoms with Crippen LogP contribution in [0.3, 0.4) is 0 Å². The first-order chi connectivity index (χ1) is 16.5. The van der Waals surface area contributed by atoms with Crippen LogP contribution in [0.4, 0.5) is 5.00 Å². The van der Waals surface area contributed by atoms with Gasteiger partial charge >= 0.3 is 11.9 Å². The molecule has 0 fully saturated rings. The lowest BCUT2D eigenvalue weighted by Crippen LogP contribution is -2.22. The van der Waals surface area contributed by atoms with Crippen molar-refractivity contribution in [3.8, 4) is 10.4 Å². The summed E-state index contributed by atoms with van der Waals surface area (Å²) in [5, 5.41) is 3.09. The van der Waals surface area contributed by atoms with Crippen molar-refractivity contribution in [1.29, 1.82) is 0 Å². The van der Waals surface area contributed by atoms with Crippen molar-refractivity contribution in [1.82, 2.24) is 9.97 Å². The van der Waals surface area contributed by atoms with Crippen molar-refractivity contribution >= 4 is 45.2 Å². The van der Waals surface area contributed by atoms with Gasteiger partial charge in [-0.05, 0) is 41.7 Å². The number of aromatic nitrogens is 2. The molecule has 2 aromatic carbocycles. The highest BCUT2D eigenvalue weighted by Gasteiger charge is 2.29. The molecule has 0 bridgehead atoms. The van der Waals surface area contributed by atoms with Crippen LogP contribution in [0.15, 0.2) is 54.7 Å². The molecule has 0 aliphatic heterocycles. The van der Waals surface area contributed by atoms with Gasteiger partial charge in [0.05, 0.1) is 29.9 Å². The van der Waals surface area contributed by atoms with Crippen molar-refractivity contribution < 1.29 is 23.9 Å². The van der Waals surface area contributed by atoms with Gasteiger partial charge < -0.3 is 14.8 Å². The van der Waals surface area contributed by atoms with Gasteiger partial charge in [-0.25, -0.2) is 14.6 Å². The molecule has 170 valence electrons. The molecule has 2 aromatic heterocycles. The molecule has 0 spiro atoms. The Morgan fingerprint density at radius 2 is 1.76 bits per heavy atom. The van der Waals surface area contributed by atoms with Crippen LogP contribution in [0.1, 0.15) is 32.0 Å². The van der Waals surface area contributed by atoms with Gasteiger partial charge in [0, 0.05) is 4.88 Å². The van der Waals surface area contributed by atoms with Gasteiger partial charge in [0.25, 0.3) is 5.91 Å². The fraction of sp³-hybridized carbons (Fsp3) is 0.160. The Kier molecular flexibility index (Phi) is 5.77. The number of nitrogens with one attached hydrogen (secondary N) is 1. The van der Waals surface area contributed by atoms with E-state index in [1.807, 2.05) is 24.3 Å². The molecule has 8 nitrogen and oxygen atoms in total. The van der Waals surface area contributed by atoms with Gasteiger partial charge in [-0.15, -0.1) is 11.3 Å². The van der Waals surface area contributed by atoms with Crippen LogP contribution in [-0.4, -0.2) is 41.5 Å². The minimum atomic E-state index is -0.763. The highest BCUT2D eigenvalue weighted by molar-refractivity contribution is 7.20. The molecule has 9 heteroatoms. The maximum absolute atomic E-state index is 12.6. The van der Waals surface area contributed by atoms with E-state index < -0.39 is 24.5 Å². The zero-order chi connectivity index (χ0) is 23.7. The second-order valence-corrected chi connectivity index (χ2v) is 8.65. The highest BCUT2D eigenvalue weighted by Crippen LogP contribution is 2.45. The van der Waals surface area contributed by atoms with Gasteiger partial charge in [-0.3, -0.25) is 9.78 Å². The Bertz CT molecular complexity index is 1450. The minimum absolute atomic E-state index is 0.00458. The SMILES string of the molecule is COC(=O)c1c(NC(=O)COC(=O)c2cnc3ccccc3n2)sc2c1CCc1ccccc1-2. The highest BCUT2D eigenvalue weighted by atomic mass is 32.1. The van der Waals surface area contributed by atoms with E-state index in [0.717, 1.165) is 22.4 Å². The number of thiophene rings is 1. The number of benzene rings is 2. The Labute approximate surface area is 198 Å². The molecule has 1 aliphatic rings. The van der Waals surface area contributed by atoms with E-state index in [0.29, 0.717) is 28.0 Å². The number of para-hydroxylation sites is 2. The summed E-state index contributed by atoms with van der Waals surface area (Å²) in [5.41, 5.74) is 4.64. The third kappa shape index (κ3) is 4.01. The number of ether oxygens (including phenoxy) is 2. The van der Waals surface area contributed by atoms with Crippen LogP contribution in [0.5, 0.6) is 0 Å². The van der Waals surface area contributed by atoms with E-state index in [9.17, 15) is 14.4 Å². The van der Waals surface area contributed by atoms with Gasteiger partial charge in [-0.1, -0.05) is 36.4 Å². The number of hydrogen-bond donors (Lipinski definition) is 1. The summed E-state index contributed by atoms with van der Waals surface area (Å²) >= 11 is 1.31. The number of hydrogen-bond acceptors (Lipinski definition) is 8. The quantitative estimate of drug-likeness (QED) is 0.436. The number of nitrogens with zero attached hydrogens (tertiary/aromatic N) is 2. The summed E-state index contributed by atoms with van der Waals surface area (Å²) in [6, 6.07) is 15.1. The minimum Gasteiger partial charge on any atom is -0.465 e. The van der Waals surface area contributed by atoms with Crippen molar-refractivity contribution in [3.05, 3.63) is 77.1 Å². The molecule has 4 aromatic rings. The molecule has 1 amide bonds. The Hall–Kier alpha value is -4.11. The monoisotopic (exact) mass is 473 g/mol. The number of aryl methyl sites for hydroxylation is 1. The van der Waals surface area contributed by atoms with Gasteiger partial charge in [0.15, 0.2) is 12.3 Å². The van der Waals surface area contributed by atoms with Crippen LogP contribution >= 0.6 is 11.3 Å². The van der Waals surface area contributed by atoms with E-state index in [4.69, 9.17) is 9.47 Å². The summed E-state index contributed by atoms with van der Waals surface area (Å²) < 4.78 is 10.1. The summed E-state index contributed by atoms with van der Waals surface area (Å²) in [6.45, 7) is -0.535. The van der Waals surface area contributed by atoms with Gasteiger partial charge in [-0.2, -0.15) is 0 Å². The lowest BCUT2D eigenvalue weighted by molar-refractivity contribution is -0.119. The van der Waals surface area contributed by atoms with E-state index >= 15 is 0 Å². The summed E-state index contributed by atoms with van der Waals surface area (Å²) in [4.78, 5) is 46.9. The summed E-state index contributed by atoms with van der Waals surface area (Å²) in [5.74, 6) is -1.85. The smallest absolute Gasteiger partial charge is 0.359 e. The molecule has 1 aliphatic carbocycles. The molecule has 0 atom stereocenters. The Balaban J connectivity index is 1.34. The maximum atomic E-state index is 12.6. The number of carbonyl (C=O) groups is 3. The van der Waals surface area contributed by atoms with E-state index in [1.165, 1.54) is 30.2 Å². The molecular weight excluding hydrogens is 454 g/mol. The van der Waals surface area contributed by atoms with Crippen LogP contribution in [0, 0.1) is 0 Å². The van der Waals surface area contributed by atoms with Crippen LogP contribution < -0.4 is 5.32 Å². The van der Waals surface area contributed by atoms with Gasteiger partial charge in [0.1, 0.15) is 5.00 Å². The van der Waals surface area contributed by atoms with Crippen molar-refractivity contribution in [2.75, 3.05) is 19.0 Å². The largest absolute Gasteiger partial charge is 0.465 e. The van der Waals surface area contributed by atoms with Crippen LogP contribution in [-0.2, 0) is 27.1 Å². The molecule has 0 saturated carbocycles. The lowest BCUT2D eigenvalue weighted by Gasteiger charge is -2.16. The fourth-order valence-electron chi connectivity index (χ4n) is 3.97. The van der Waals surface area contributed by atoms with E-state index in [1.54, 1.807) is 18.2 Å². The third-order valence-electron chi connectivity index (χ3n) is 5.55. The predicted molar refractivity (Wildman–Crippen MR) is 127 cm³/mol. The first-order valence-electron chi connectivity index (χ1n) is 10.6. The average Bonchev–Trinajstić information content (AvgIpc) is 3.24. The molecule has 34 heavy (non-hydrogen) atoms. The average molecular weight is 474 g/mol.